The summed E-state index contributed by atoms with van der Waals surface area (Å²) >= 11 is 5.73. The van der Waals surface area contributed by atoms with E-state index in [1.54, 1.807) is 12.1 Å². The van der Waals surface area contributed by atoms with Crippen LogP contribution in [0, 0.1) is 0 Å². The molecular formula is C10H10ClFO3. The summed E-state index contributed by atoms with van der Waals surface area (Å²) in [5.74, 6) is -1.12. The molecule has 1 aromatic carbocycles. The topological polar surface area (TPSA) is 46.5 Å². The molecule has 0 spiro atoms. The molecule has 0 aliphatic carbocycles. The highest BCUT2D eigenvalue weighted by Gasteiger charge is 2.29. The monoisotopic (exact) mass is 232 g/mol. The van der Waals surface area contributed by atoms with E-state index in [1.807, 2.05) is 0 Å². The lowest BCUT2D eigenvalue weighted by Gasteiger charge is -2.15. The maximum Gasteiger partial charge on any atom is 0.343 e. The average molecular weight is 233 g/mol. The van der Waals surface area contributed by atoms with Gasteiger partial charge in [0.05, 0.1) is 7.11 Å². The summed E-state index contributed by atoms with van der Waals surface area (Å²) in [6.45, 7) is 0. The quantitative estimate of drug-likeness (QED) is 0.810. The summed E-state index contributed by atoms with van der Waals surface area (Å²) in [5.41, 5.74) is 0.164. The second-order valence-electron chi connectivity index (χ2n) is 2.89. The molecule has 0 aliphatic heterocycles. The molecule has 0 fully saturated rings. The normalized spacial score (nSPS) is 14.4. The molecule has 2 atom stereocenters. The molecule has 1 rings (SSSR count). The van der Waals surface area contributed by atoms with Crippen LogP contribution in [0.1, 0.15) is 11.7 Å². The highest BCUT2D eigenvalue weighted by Crippen LogP contribution is 2.26. The van der Waals surface area contributed by atoms with Crippen LogP contribution in [0.5, 0.6) is 0 Å². The molecule has 0 aliphatic rings. The third kappa shape index (κ3) is 2.67. The van der Waals surface area contributed by atoms with E-state index in [9.17, 15) is 14.3 Å². The van der Waals surface area contributed by atoms with Gasteiger partial charge in [-0.05, 0) is 6.07 Å². The third-order valence-electron chi connectivity index (χ3n) is 1.93. The molecule has 0 saturated heterocycles. The first-order chi connectivity index (χ1) is 7.07. The van der Waals surface area contributed by atoms with Gasteiger partial charge in [-0.3, -0.25) is 0 Å². The highest BCUT2D eigenvalue weighted by molar-refractivity contribution is 6.31. The molecule has 2 unspecified atom stereocenters. The van der Waals surface area contributed by atoms with Crippen LogP contribution in [-0.4, -0.2) is 24.4 Å². The smallest absolute Gasteiger partial charge is 0.343 e. The molecule has 1 N–H and O–H groups in total. The number of rotatable bonds is 3. The SMILES string of the molecule is COC(=O)C(F)C(O)c1ccccc1Cl. The van der Waals surface area contributed by atoms with Crippen LogP contribution in [0.15, 0.2) is 24.3 Å². The zero-order valence-electron chi connectivity index (χ0n) is 7.98. The Hall–Kier alpha value is -1.13. The van der Waals surface area contributed by atoms with Crippen molar-refractivity contribution < 1.29 is 19.0 Å². The van der Waals surface area contributed by atoms with E-state index in [0.29, 0.717) is 0 Å². The zero-order chi connectivity index (χ0) is 11.4. The van der Waals surface area contributed by atoms with Gasteiger partial charge in [-0.25, -0.2) is 9.18 Å². The van der Waals surface area contributed by atoms with Gasteiger partial charge >= 0.3 is 5.97 Å². The van der Waals surface area contributed by atoms with Gasteiger partial charge < -0.3 is 9.84 Å². The molecule has 0 aromatic heterocycles. The van der Waals surface area contributed by atoms with Crippen LogP contribution >= 0.6 is 11.6 Å². The highest BCUT2D eigenvalue weighted by atomic mass is 35.5. The summed E-state index contributed by atoms with van der Waals surface area (Å²) in [6.07, 6.45) is -3.74. The first-order valence-electron chi connectivity index (χ1n) is 4.22. The lowest BCUT2D eigenvalue weighted by Crippen LogP contribution is -2.25. The van der Waals surface area contributed by atoms with E-state index >= 15 is 0 Å². The van der Waals surface area contributed by atoms with Gasteiger partial charge in [0.15, 0.2) is 0 Å². The third-order valence-corrected chi connectivity index (χ3v) is 2.27. The van der Waals surface area contributed by atoms with E-state index in [2.05, 4.69) is 4.74 Å². The zero-order valence-corrected chi connectivity index (χ0v) is 8.74. The van der Waals surface area contributed by atoms with Gasteiger partial charge in [0, 0.05) is 10.6 Å². The summed E-state index contributed by atoms with van der Waals surface area (Å²) in [6, 6.07) is 6.19. The molecule has 3 nitrogen and oxygen atoms in total. The molecule has 15 heavy (non-hydrogen) atoms. The molecule has 0 heterocycles. The van der Waals surface area contributed by atoms with Crippen molar-refractivity contribution in [2.75, 3.05) is 7.11 Å². The van der Waals surface area contributed by atoms with Crippen LogP contribution in [-0.2, 0) is 9.53 Å². The van der Waals surface area contributed by atoms with Crippen molar-refractivity contribution in [1.82, 2.24) is 0 Å². The van der Waals surface area contributed by atoms with Crippen molar-refractivity contribution in [3.05, 3.63) is 34.9 Å². The number of carbonyl (C=O) groups is 1. The lowest BCUT2D eigenvalue weighted by atomic mass is 10.1. The van der Waals surface area contributed by atoms with Crippen LogP contribution in [0.4, 0.5) is 4.39 Å². The number of aliphatic hydroxyl groups excluding tert-OH is 1. The van der Waals surface area contributed by atoms with Crippen molar-refractivity contribution in [2.24, 2.45) is 0 Å². The maximum absolute atomic E-state index is 13.3. The Morgan fingerprint density at radius 3 is 2.67 bits per heavy atom. The number of ether oxygens (including phenoxy) is 1. The molecule has 0 bridgehead atoms. The fourth-order valence-electron chi connectivity index (χ4n) is 1.11. The van der Waals surface area contributed by atoms with Gasteiger partial charge in [-0.1, -0.05) is 29.8 Å². The number of hydrogen-bond donors (Lipinski definition) is 1. The number of aliphatic hydroxyl groups is 1. The van der Waals surface area contributed by atoms with E-state index in [0.717, 1.165) is 7.11 Å². The predicted octanol–water partition coefficient (Wildman–Crippen LogP) is 1.88. The fraction of sp³-hybridized carbons (Fsp3) is 0.300. The number of hydrogen-bond acceptors (Lipinski definition) is 3. The fourth-order valence-corrected chi connectivity index (χ4v) is 1.36. The number of alkyl halides is 1. The minimum absolute atomic E-state index is 0.164. The molecule has 0 radical (unpaired) electrons. The molecular weight excluding hydrogens is 223 g/mol. The molecule has 5 heteroatoms. The Morgan fingerprint density at radius 1 is 1.53 bits per heavy atom. The van der Waals surface area contributed by atoms with Gasteiger partial charge in [-0.15, -0.1) is 0 Å². The number of benzene rings is 1. The largest absolute Gasteiger partial charge is 0.467 e. The van der Waals surface area contributed by atoms with Crippen molar-refractivity contribution in [2.45, 2.75) is 12.3 Å². The summed E-state index contributed by atoms with van der Waals surface area (Å²) in [5, 5.41) is 9.72. The Kier molecular flexibility index (Phi) is 4.05. The Morgan fingerprint density at radius 2 is 2.13 bits per heavy atom. The molecule has 0 saturated carbocycles. The van der Waals surface area contributed by atoms with Crippen LogP contribution in [0.3, 0.4) is 0 Å². The van der Waals surface area contributed by atoms with Crippen molar-refractivity contribution in [3.8, 4) is 0 Å². The molecule has 0 amide bonds. The van der Waals surface area contributed by atoms with Gasteiger partial charge in [-0.2, -0.15) is 0 Å². The van der Waals surface area contributed by atoms with Gasteiger partial charge in [0.25, 0.3) is 0 Å². The van der Waals surface area contributed by atoms with Crippen LogP contribution in [0.25, 0.3) is 0 Å². The minimum atomic E-state index is -2.13. The maximum atomic E-state index is 13.3. The Labute approximate surface area is 91.4 Å². The number of esters is 1. The first-order valence-corrected chi connectivity index (χ1v) is 4.60. The second-order valence-corrected chi connectivity index (χ2v) is 3.30. The average Bonchev–Trinajstić information content (AvgIpc) is 2.26. The summed E-state index contributed by atoms with van der Waals surface area (Å²) < 4.78 is 17.5. The summed E-state index contributed by atoms with van der Waals surface area (Å²) in [4.78, 5) is 10.8. The van der Waals surface area contributed by atoms with E-state index in [4.69, 9.17) is 11.6 Å². The van der Waals surface area contributed by atoms with Crippen molar-refractivity contribution in [1.29, 1.82) is 0 Å². The number of halogens is 2. The van der Waals surface area contributed by atoms with E-state index in [1.165, 1.54) is 12.1 Å². The Bertz CT molecular complexity index is 356. The van der Waals surface area contributed by atoms with Crippen molar-refractivity contribution >= 4 is 17.6 Å². The number of carbonyl (C=O) groups excluding carboxylic acids is 1. The Balaban J connectivity index is 2.89. The standard InChI is InChI=1S/C10H10ClFO3/c1-15-10(14)8(12)9(13)6-4-2-3-5-7(6)11/h2-5,8-9,13H,1H3. The number of methoxy groups -OCH3 is 1. The summed E-state index contributed by atoms with van der Waals surface area (Å²) in [7, 11) is 1.05. The van der Waals surface area contributed by atoms with Crippen molar-refractivity contribution in [3.63, 3.8) is 0 Å². The minimum Gasteiger partial charge on any atom is -0.467 e. The van der Waals surface area contributed by atoms with Gasteiger partial charge in [0.2, 0.25) is 6.17 Å². The van der Waals surface area contributed by atoms with Crippen LogP contribution < -0.4 is 0 Å². The second kappa shape index (κ2) is 5.09. The van der Waals surface area contributed by atoms with E-state index < -0.39 is 18.2 Å². The molecule has 82 valence electrons. The van der Waals surface area contributed by atoms with E-state index in [-0.39, 0.29) is 10.6 Å². The lowest BCUT2D eigenvalue weighted by molar-refractivity contribution is -0.151. The molecule has 1 aromatic rings. The van der Waals surface area contributed by atoms with Gasteiger partial charge in [0.1, 0.15) is 6.10 Å². The van der Waals surface area contributed by atoms with Crippen LogP contribution in [0.2, 0.25) is 5.02 Å². The predicted molar refractivity (Wildman–Crippen MR) is 53.3 cm³/mol. The first kappa shape index (κ1) is 11.9.